The quantitative estimate of drug-likeness (QED) is 0.669. The van der Waals surface area contributed by atoms with Crippen molar-refractivity contribution in [2.24, 2.45) is 0 Å². The van der Waals surface area contributed by atoms with E-state index < -0.39 is 0 Å². The van der Waals surface area contributed by atoms with Crippen LogP contribution < -0.4 is 4.74 Å². The van der Waals surface area contributed by atoms with Gasteiger partial charge in [-0.2, -0.15) is 4.98 Å². The van der Waals surface area contributed by atoms with Crippen LogP contribution in [0, 0.1) is 0 Å². The van der Waals surface area contributed by atoms with Crippen LogP contribution in [0.4, 0.5) is 0 Å². The van der Waals surface area contributed by atoms with Crippen molar-refractivity contribution in [1.82, 2.24) is 20.0 Å². The standard InChI is InChI=1S/C22H32N4O2/c1-2-26(17-10-5-3-6-11-17)16-20-24-21(25-28-20)19-14-9-15-23-22(19)27-18-12-7-4-8-13-18/h9,14-15,17-18H,2-8,10-13,16H2,1H3. The Hall–Kier alpha value is -1.95. The van der Waals surface area contributed by atoms with Crippen molar-refractivity contribution in [3.63, 3.8) is 0 Å². The average molecular weight is 385 g/mol. The minimum absolute atomic E-state index is 0.246. The Morgan fingerprint density at radius 1 is 1.07 bits per heavy atom. The number of aromatic nitrogens is 3. The van der Waals surface area contributed by atoms with E-state index in [9.17, 15) is 0 Å². The lowest BCUT2D eigenvalue weighted by Crippen LogP contribution is -2.36. The first kappa shape index (κ1) is 19.4. The van der Waals surface area contributed by atoms with Crippen LogP contribution in [0.1, 0.15) is 77.0 Å². The molecule has 0 spiro atoms. The van der Waals surface area contributed by atoms with Gasteiger partial charge in [-0.25, -0.2) is 4.98 Å². The van der Waals surface area contributed by atoms with Gasteiger partial charge in [0.2, 0.25) is 17.6 Å². The summed E-state index contributed by atoms with van der Waals surface area (Å²) in [5, 5.41) is 4.24. The van der Waals surface area contributed by atoms with Gasteiger partial charge in [0.25, 0.3) is 0 Å². The Morgan fingerprint density at radius 2 is 1.82 bits per heavy atom. The summed E-state index contributed by atoms with van der Waals surface area (Å²) in [6.45, 7) is 3.93. The minimum atomic E-state index is 0.246. The first-order valence-electron chi connectivity index (χ1n) is 11.0. The molecular formula is C22H32N4O2. The zero-order chi connectivity index (χ0) is 19.2. The van der Waals surface area contributed by atoms with E-state index >= 15 is 0 Å². The molecule has 6 nitrogen and oxygen atoms in total. The van der Waals surface area contributed by atoms with Crippen molar-refractivity contribution >= 4 is 0 Å². The molecule has 0 unspecified atom stereocenters. The number of nitrogens with zero attached hydrogens (tertiary/aromatic N) is 4. The Morgan fingerprint density at radius 3 is 2.57 bits per heavy atom. The molecule has 6 heteroatoms. The number of hydrogen-bond acceptors (Lipinski definition) is 6. The molecule has 0 saturated heterocycles. The molecule has 2 saturated carbocycles. The molecule has 28 heavy (non-hydrogen) atoms. The normalized spacial score (nSPS) is 19.2. The lowest BCUT2D eigenvalue weighted by atomic mass is 9.94. The van der Waals surface area contributed by atoms with E-state index in [2.05, 4.69) is 26.9 Å². The number of hydrogen-bond donors (Lipinski definition) is 0. The summed E-state index contributed by atoms with van der Waals surface area (Å²) in [5.74, 6) is 1.88. The maximum Gasteiger partial charge on any atom is 0.241 e. The van der Waals surface area contributed by atoms with Crippen molar-refractivity contribution in [3.8, 4) is 17.3 Å². The fourth-order valence-corrected chi connectivity index (χ4v) is 4.54. The van der Waals surface area contributed by atoms with Gasteiger partial charge < -0.3 is 9.26 Å². The molecule has 0 aliphatic heterocycles. The van der Waals surface area contributed by atoms with Crippen molar-refractivity contribution in [2.45, 2.75) is 89.8 Å². The zero-order valence-corrected chi connectivity index (χ0v) is 17.0. The molecule has 2 aliphatic carbocycles. The first-order chi connectivity index (χ1) is 13.8. The summed E-state index contributed by atoms with van der Waals surface area (Å²) >= 11 is 0. The Balaban J connectivity index is 1.46. The molecule has 0 aromatic carbocycles. The number of pyridine rings is 1. The Labute approximate surface area is 167 Å². The predicted octanol–water partition coefficient (Wildman–Crippen LogP) is 5.00. The molecule has 2 aromatic heterocycles. The summed E-state index contributed by atoms with van der Waals surface area (Å²) in [6.07, 6.45) is 14.5. The Kier molecular flexibility index (Phi) is 6.57. The lowest BCUT2D eigenvalue weighted by Gasteiger charge is -2.32. The minimum Gasteiger partial charge on any atom is -0.474 e. The third-order valence-corrected chi connectivity index (χ3v) is 6.15. The molecule has 0 bridgehead atoms. The maximum atomic E-state index is 6.20. The second kappa shape index (κ2) is 9.50. The van der Waals surface area contributed by atoms with Gasteiger partial charge >= 0.3 is 0 Å². The van der Waals surface area contributed by atoms with E-state index in [1.807, 2.05) is 12.1 Å². The highest BCUT2D eigenvalue weighted by atomic mass is 16.5. The predicted molar refractivity (Wildman–Crippen MR) is 108 cm³/mol. The molecule has 0 N–H and O–H groups in total. The van der Waals surface area contributed by atoms with Crippen LogP contribution in [0.3, 0.4) is 0 Å². The van der Waals surface area contributed by atoms with E-state index in [0.717, 1.165) is 24.9 Å². The monoisotopic (exact) mass is 384 g/mol. The van der Waals surface area contributed by atoms with E-state index in [1.165, 1.54) is 51.4 Å². The second-order valence-electron chi connectivity index (χ2n) is 8.10. The molecular weight excluding hydrogens is 352 g/mol. The van der Waals surface area contributed by atoms with E-state index in [4.69, 9.17) is 9.26 Å². The van der Waals surface area contributed by atoms with Crippen LogP contribution >= 0.6 is 0 Å². The SMILES string of the molecule is CCN(Cc1nc(-c2cccnc2OC2CCCCC2)no1)C1CCCCC1. The average Bonchev–Trinajstić information content (AvgIpc) is 3.22. The fraction of sp³-hybridized carbons (Fsp3) is 0.682. The van der Waals surface area contributed by atoms with Gasteiger partial charge in [0, 0.05) is 12.2 Å². The highest BCUT2D eigenvalue weighted by Crippen LogP contribution is 2.30. The lowest BCUT2D eigenvalue weighted by molar-refractivity contribution is 0.139. The Bertz CT molecular complexity index is 736. The van der Waals surface area contributed by atoms with Gasteiger partial charge in [0.15, 0.2) is 0 Å². The van der Waals surface area contributed by atoms with Crippen LogP contribution in [0.15, 0.2) is 22.9 Å². The number of ether oxygens (including phenoxy) is 1. The van der Waals surface area contributed by atoms with Crippen molar-refractivity contribution in [3.05, 3.63) is 24.2 Å². The molecule has 0 radical (unpaired) electrons. The molecule has 2 aliphatic rings. The van der Waals surface area contributed by atoms with Crippen LogP contribution in [-0.4, -0.2) is 38.7 Å². The van der Waals surface area contributed by atoms with Crippen molar-refractivity contribution in [2.75, 3.05) is 6.54 Å². The second-order valence-corrected chi connectivity index (χ2v) is 8.10. The highest BCUT2D eigenvalue weighted by Gasteiger charge is 2.23. The summed E-state index contributed by atoms with van der Waals surface area (Å²) < 4.78 is 11.8. The van der Waals surface area contributed by atoms with Crippen molar-refractivity contribution in [1.29, 1.82) is 0 Å². The van der Waals surface area contributed by atoms with Crippen LogP contribution in [-0.2, 0) is 6.54 Å². The van der Waals surface area contributed by atoms with Gasteiger partial charge in [-0.15, -0.1) is 0 Å². The van der Waals surface area contributed by atoms with E-state index in [-0.39, 0.29) is 6.10 Å². The van der Waals surface area contributed by atoms with Crippen molar-refractivity contribution < 1.29 is 9.26 Å². The molecule has 2 aromatic rings. The molecule has 0 atom stereocenters. The van der Waals surface area contributed by atoms with E-state index in [1.54, 1.807) is 6.20 Å². The number of rotatable bonds is 7. The van der Waals surface area contributed by atoms with Gasteiger partial charge in [0.05, 0.1) is 12.1 Å². The summed E-state index contributed by atoms with van der Waals surface area (Å²) in [5.41, 5.74) is 0.823. The van der Waals surface area contributed by atoms with E-state index in [0.29, 0.717) is 30.2 Å². The van der Waals surface area contributed by atoms with Gasteiger partial charge in [-0.05, 0) is 57.2 Å². The van der Waals surface area contributed by atoms with Gasteiger partial charge in [-0.1, -0.05) is 37.8 Å². The van der Waals surface area contributed by atoms with Crippen LogP contribution in [0.2, 0.25) is 0 Å². The molecule has 0 amide bonds. The summed E-state index contributed by atoms with van der Waals surface area (Å²) in [7, 11) is 0. The van der Waals surface area contributed by atoms with Crippen LogP contribution in [0.5, 0.6) is 5.88 Å². The maximum absolute atomic E-state index is 6.20. The fourth-order valence-electron chi connectivity index (χ4n) is 4.54. The smallest absolute Gasteiger partial charge is 0.241 e. The topological polar surface area (TPSA) is 64.3 Å². The third kappa shape index (κ3) is 4.72. The molecule has 2 fully saturated rings. The molecule has 152 valence electrons. The van der Waals surface area contributed by atoms with Gasteiger partial charge in [0.1, 0.15) is 6.10 Å². The zero-order valence-electron chi connectivity index (χ0n) is 17.0. The highest BCUT2D eigenvalue weighted by molar-refractivity contribution is 5.60. The van der Waals surface area contributed by atoms with Gasteiger partial charge in [-0.3, -0.25) is 4.90 Å². The summed E-state index contributed by atoms with van der Waals surface area (Å²) in [4.78, 5) is 11.6. The summed E-state index contributed by atoms with van der Waals surface area (Å²) in [6, 6.07) is 4.51. The largest absolute Gasteiger partial charge is 0.474 e. The molecule has 2 heterocycles. The third-order valence-electron chi connectivity index (χ3n) is 6.15. The molecule has 4 rings (SSSR count). The van der Waals surface area contributed by atoms with Crippen LogP contribution in [0.25, 0.3) is 11.4 Å². The first-order valence-corrected chi connectivity index (χ1v) is 11.0.